The molecule has 0 heterocycles. The number of aliphatic hydroxyl groups is 1. The lowest BCUT2D eigenvalue weighted by atomic mass is 10.0. The van der Waals surface area contributed by atoms with Crippen LogP contribution in [0, 0.1) is 5.92 Å². The first-order valence-corrected chi connectivity index (χ1v) is 8.41. The van der Waals surface area contributed by atoms with Crippen molar-refractivity contribution in [3.05, 3.63) is 29.3 Å². The Labute approximate surface area is 140 Å². The number of guanidine groups is 1. The van der Waals surface area contributed by atoms with Crippen LogP contribution in [0.3, 0.4) is 0 Å². The standard InChI is InChI=1S/C18H31N3O2/c1-5-14-8-7-9-15(6-2)17(14)21-18(19)20-10-16(22)12-23-11-13(3)4/h7-9,13,16,22H,5-6,10-12H2,1-4H3,(H3,19,20,21). The minimum absolute atomic E-state index is 0.229. The molecule has 0 saturated carbocycles. The summed E-state index contributed by atoms with van der Waals surface area (Å²) in [4.78, 5) is 4.22. The molecular formula is C18H31N3O2. The van der Waals surface area contributed by atoms with E-state index in [0.717, 1.165) is 18.5 Å². The molecule has 0 aliphatic heterocycles. The van der Waals surface area contributed by atoms with Crippen LogP contribution in [0.1, 0.15) is 38.8 Å². The van der Waals surface area contributed by atoms with Crippen LogP contribution in [0.4, 0.5) is 5.69 Å². The fourth-order valence-corrected chi connectivity index (χ4v) is 2.27. The molecule has 0 fully saturated rings. The maximum Gasteiger partial charge on any atom is 0.193 e. The van der Waals surface area contributed by atoms with Gasteiger partial charge in [0.1, 0.15) is 0 Å². The van der Waals surface area contributed by atoms with Crippen molar-refractivity contribution in [2.75, 3.05) is 25.1 Å². The molecule has 4 N–H and O–H groups in total. The Morgan fingerprint density at radius 3 is 2.35 bits per heavy atom. The number of nitrogens with one attached hydrogen (secondary N) is 1. The van der Waals surface area contributed by atoms with Crippen LogP contribution in [-0.4, -0.2) is 36.9 Å². The van der Waals surface area contributed by atoms with E-state index in [1.54, 1.807) is 0 Å². The van der Waals surface area contributed by atoms with Crippen molar-refractivity contribution in [1.29, 1.82) is 0 Å². The van der Waals surface area contributed by atoms with E-state index in [1.807, 2.05) is 0 Å². The minimum atomic E-state index is -0.638. The maximum atomic E-state index is 9.86. The number of nitrogens with two attached hydrogens (primary N) is 1. The highest BCUT2D eigenvalue weighted by atomic mass is 16.5. The Morgan fingerprint density at radius 1 is 1.22 bits per heavy atom. The number of hydrogen-bond acceptors (Lipinski definition) is 3. The zero-order valence-corrected chi connectivity index (χ0v) is 14.8. The van der Waals surface area contributed by atoms with E-state index in [1.165, 1.54) is 11.1 Å². The van der Waals surface area contributed by atoms with Gasteiger partial charge in [0.2, 0.25) is 0 Å². The van der Waals surface area contributed by atoms with Gasteiger partial charge in [-0.15, -0.1) is 0 Å². The predicted molar refractivity (Wildman–Crippen MR) is 97.0 cm³/mol. The molecule has 0 amide bonds. The summed E-state index contributed by atoms with van der Waals surface area (Å²) in [5.74, 6) is 0.777. The van der Waals surface area contributed by atoms with Gasteiger partial charge in [0.05, 0.1) is 19.3 Å². The number of aliphatic imine (C=N–C) groups is 1. The summed E-state index contributed by atoms with van der Waals surface area (Å²) in [6.45, 7) is 9.52. The molecule has 1 aromatic rings. The lowest BCUT2D eigenvalue weighted by Crippen LogP contribution is -2.27. The van der Waals surface area contributed by atoms with Crippen LogP contribution in [0.2, 0.25) is 0 Å². The summed E-state index contributed by atoms with van der Waals surface area (Å²) in [6.07, 6.45) is 1.21. The Morgan fingerprint density at radius 2 is 1.83 bits per heavy atom. The molecule has 130 valence electrons. The first-order valence-electron chi connectivity index (χ1n) is 8.41. The van der Waals surface area contributed by atoms with E-state index < -0.39 is 6.10 Å². The second-order valence-corrected chi connectivity index (χ2v) is 6.09. The van der Waals surface area contributed by atoms with Crippen molar-refractivity contribution >= 4 is 11.6 Å². The molecule has 1 atom stereocenters. The number of para-hydroxylation sites is 1. The van der Waals surface area contributed by atoms with Gasteiger partial charge in [-0.05, 0) is 29.9 Å². The first-order chi connectivity index (χ1) is 11.0. The molecule has 0 saturated heterocycles. The molecule has 0 aliphatic rings. The number of anilines is 1. The second-order valence-electron chi connectivity index (χ2n) is 6.09. The summed E-state index contributed by atoms with van der Waals surface area (Å²) in [5, 5.41) is 13.0. The van der Waals surface area contributed by atoms with Gasteiger partial charge in [-0.2, -0.15) is 0 Å². The van der Waals surface area contributed by atoms with Gasteiger partial charge in [-0.25, -0.2) is 0 Å². The highest BCUT2D eigenvalue weighted by Crippen LogP contribution is 2.22. The topological polar surface area (TPSA) is 79.9 Å². The molecule has 5 nitrogen and oxygen atoms in total. The van der Waals surface area contributed by atoms with Gasteiger partial charge in [0.25, 0.3) is 0 Å². The van der Waals surface area contributed by atoms with E-state index in [4.69, 9.17) is 10.5 Å². The van der Waals surface area contributed by atoms with Crippen LogP contribution in [0.5, 0.6) is 0 Å². The van der Waals surface area contributed by atoms with Crippen molar-refractivity contribution in [1.82, 2.24) is 0 Å². The van der Waals surface area contributed by atoms with Crippen molar-refractivity contribution in [3.8, 4) is 0 Å². The van der Waals surface area contributed by atoms with Crippen LogP contribution in [0.25, 0.3) is 0 Å². The fourth-order valence-electron chi connectivity index (χ4n) is 2.27. The molecule has 0 radical (unpaired) electrons. The third kappa shape index (κ3) is 7.01. The molecule has 23 heavy (non-hydrogen) atoms. The largest absolute Gasteiger partial charge is 0.389 e. The SMILES string of the molecule is CCc1cccc(CC)c1NC(N)=NCC(O)COCC(C)C. The molecule has 0 spiro atoms. The third-order valence-corrected chi connectivity index (χ3v) is 3.49. The number of ether oxygens (including phenoxy) is 1. The lowest BCUT2D eigenvalue weighted by Gasteiger charge is -2.15. The number of rotatable bonds is 9. The number of nitrogens with zero attached hydrogens (tertiary/aromatic N) is 1. The van der Waals surface area contributed by atoms with Gasteiger partial charge < -0.3 is 20.9 Å². The second kappa shape index (κ2) is 10.2. The van der Waals surface area contributed by atoms with Crippen molar-refractivity contribution in [2.45, 2.75) is 46.6 Å². The zero-order valence-electron chi connectivity index (χ0n) is 14.8. The van der Waals surface area contributed by atoms with Gasteiger partial charge >= 0.3 is 0 Å². The maximum absolute atomic E-state index is 9.86. The lowest BCUT2D eigenvalue weighted by molar-refractivity contribution is 0.0302. The zero-order chi connectivity index (χ0) is 17.2. The van der Waals surface area contributed by atoms with Crippen LogP contribution < -0.4 is 11.1 Å². The summed E-state index contributed by atoms with van der Waals surface area (Å²) in [5.41, 5.74) is 9.42. The third-order valence-electron chi connectivity index (χ3n) is 3.49. The monoisotopic (exact) mass is 321 g/mol. The molecule has 5 heteroatoms. The molecule has 1 unspecified atom stereocenters. The number of aliphatic hydroxyl groups excluding tert-OH is 1. The molecule has 1 rings (SSSR count). The molecule has 0 bridgehead atoms. The van der Waals surface area contributed by atoms with Crippen molar-refractivity contribution in [2.24, 2.45) is 16.6 Å². The quantitative estimate of drug-likeness (QED) is 0.482. The molecule has 0 aliphatic carbocycles. The average Bonchev–Trinajstić information content (AvgIpc) is 2.52. The summed E-state index contributed by atoms with van der Waals surface area (Å²) in [6, 6.07) is 6.23. The minimum Gasteiger partial charge on any atom is -0.389 e. The Hall–Kier alpha value is -1.59. The molecule has 1 aromatic carbocycles. The van der Waals surface area contributed by atoms with E-state index in [0.29, 0.717) is 18.5 Å². The van der Waals surface area contributed by atoms with E-state index >= 15 is 0 Å². The van der Waals surface area contributed by atoms with Crippen molar-refractivity contribution < 1.29 is 9.84 Å². The molecule has 0 aromatic heterocycles. The van der Waals surface area contributed by atoms with Crippen LogP contribution >= 0.6 is 0 Å². The van der Waals surface area contributed by atoms with Crippen LogP contribution in [0.15, 0.2) is 23.2 Å². The van der Waals surface area contributed by atoms with Crippen molar-refractivity contribution in [3.63, 3.8) is 0 Å². The predicted octanol–water partition coefficient (Wildman–Crippen LogP) is 2.57. The summed E-state index contributed by atoms with van der Waals surface area (Å²) in [7, 11) is 0. The molecular weight excluding hydrogens is 290 g/mol. The van der Waals surface area contributed by atoms with Gasteiger partial charge in [-0.3, -0.25) is 4.99 Å². The Kier molecular flexibility index (Phi) is 8.66. The Balaban J connectivity index is 2.60. The summed E-state index contributed by atoms with van der Waals surface area (Å²) < 4.78 is 5.40. The van der Waals surface area contributed by atoms with E-state index in [2.05, 4.69) is 56.2 Å². The number of benzene rings is 1. The average molecular weight is 321 g/mol. The number of hydrogen-bond donors (Lipinski definition) is 3. The highest BCUT2D eigenvalue weighted by Gasteiger charge is 2.08. The number of aryl methyl sites for hydroxylation is 2. The van der Waals surface area contributed by atoms with E-state index in [-0.39, 0.29) is 13.2 Å². The smallest absolute Gasteiger partial charge is 0.193 e. The Bertz CT molecular complexity index is 479. The van der Waals surface area contributed by atoms with E-state index in [9.17, 15) is 5.11 Å². The normalized spacial score (nSPS) is 13.4. The van der Waals surface area contributed by atoms with Gasteiger partial charge in [0.15, 0.2) is 5.96 Å². The highest BCUT2D eigenvalue weighted by molar-refractivity contribution is 5.93. The van der Waals surface area contributed by atoms with Crippen LogP contribution in [-0.2, 0) is 17.6 Å². The fraction of sp³-hybridized carbons (Fsp3) is 0.611. The van der Waals surface area contributed by atoms with Gasteiger partial charge in [0, 0.05) is 12.3 Å². The van der Waals surface area contributed by atoms with Gasteiger partial charge in [-0.1, -0.05) is 45.9 Å². The summed E-state index contributed by atoms with van der Waals surface area (Å²) >= 11 is 0. The first kappa shape index (κ1) is 19.5.